The minimum atomic E-state index is 1.14. The second-order valence-electron chi connectivity index (χ2n) is 1.59. The van der Waals surface area contributed by atoms with Gasteiger partial charge in [-0.15, -0.1) is 11.3 Å². The Morgan fingerprint density at radius 2 is 2.44 bits per heavy atom. The van der Waals surface area contributed by atoms with E-state index in [0.717, 1.165) is 3.70 Å². The lowest BCUT2D eigenvalue weighted by atomic mass is 10.6. The van der Waals surface area contributed by atoms with Gasteiger partial charge in [0, 0.05) is 0 Å². The van der Waals surface area contributed by atoms with Crippen LogP contribution in [0.15, 0.2) is 11.4 Å². The lowest BCUT2D eigenvalue weighted by Crippen LogP contribution is -1.58. The molecule has 2 aromatic rings. The Morgan fingerprint density at radius 1 is 1.56 bits per heavy atom. The molecule has 0 fully saturated rings. The van der Waals surface area contributed by atoms with Gasteiger partial charge in [-0.2, -0.15) is 4.37 Å². The fourth-order valence-corrected chi connectivity index (χ4v) is 3.45. The predicted octanol–water partition coefficient (Wildman–Crippen LogP) is 2.96. The van der Waals surface area contributed by atoms with Gasteiger partial charge in [0.1, 0.15) is 3.70 Å². The van der Waals surface area contributed by atoms with E-state index in [-0.39, 0.29) is 0 Å². The first kappa shape index (κ1) is 6.06. The van der Waals surface area contributed by atoms with Crippen LogP contribution in [0.2, 0.25) is 0 Å². The van der Waals surface area contributed by atoms with Crippen molar-refractivity contribution in [2.75, 3.05) is 0 Å². The largest absolute Gasteiger partial charge is 0.185 e. The highest BCUT2D eigenvalue weighted by Crippen LogP contribution is 2.28. The summed E-state index contributed by atoms with van der Waals surface area (Å²) in [7, 11) is 0. The van der Waals surface area contributed by atoms with Crippen LogP contribution in [0, 0.1) is 3.70 Å². The molecule has 0 aromatic carbocycles. The van der Waals surface area contributed by atoms with Gasteiger partial charge in [-0.3, -0.25) is 0 Å². The third kappa shape index (κ3) is 0.890. The molecule has 0 saturated heterocycles. The number of nitrogens with zero attached hydrogens (tertiary/aromatic N) is 1. The molecular formula is C5H2INS2. The van der Waals surface area contributed by atoms with Gasteiger partial charge in [-0.05, 0) is 45.6 Å². The third-order valence-corrected chi connectivity index (χ3v) is 4.38. The summed E-state index contributed by atoms with van der Waals surface area (Å²) in [6.45, 7) is 0. The smallest absolute Gasteiger partial charge is 0.132 e. The van der Waals surface area contributed by atoms with E-state index in [1.165, 1.54) is 9.40 Å². The van der Waals surface area contributed by atoms with Crippen molar-refractivity contribution in [2.45, 2.75) is 0 Å². The molecule has 0 aliphatic rings. The number of fused-ring (bicyclic) bond motifs is 1. The zero-order valence-electron chi connectivity index (χ0n) is 4.30. The van der Waals surface area contributed by atoms with Crippen molar-refractivity contribution in [3.05, 3.63) is 15.1 Å². The van der Waals surface area contributed by atoms with Crippen LogP contribution in [0.1, 0.15) is 0 Å². The maximum Gasteiger partial charge on any atom is 0.132 e. The third-order valence-electron chi connectivity index (χ3n) is 1.04. The molecule has 0 unspecified atom stereocenters. The molecule has 0 bridgehead atoms. The van der Waals surface area contributed by atoms with Crippen LogP contribution in [0.4, 0.5) is 0 Å². The van der Waals surface area contributed by atoms with E-state index in [9.17, 15) is 0 Å². The Hall–Kier alpha value is 0.320. The van der Waals surface area contributed by atoms with Crippen LogP contribution in [-0.2, 0) is 0 Å². The Balaban J connectivity index is 2.99. The maximum absolute atomic E-state index is 4.19. The summed E-state index contributed by atoms with van der Waals surface area (Å²) in [6, 6.07) is 2.11. The van der Waals surface area contributed by atoms with Crippen molar-refractivity contribution < 1.29 is 0 Å². The lowest BCUT2D eigenvalue weighted by molar-refractivity contribution is 1.53. The molecule has 2 aromatic heterocycles. The van der Waals surface area contributed by atoms with Gasteiger partial charge in [-0.25, -0.2) is 0 Å². The van der Waals surface area contributed by atoms with Crippen LogP contribution >= 0.6 is 45.5 Å². The van der Waals surface area contributed by atoms with E-state index >= 15 is 0 Å². The van der Waals surface area contributed by atoms with Gasteiger partial charge < -0.3 is 0 Å². The summed E-state index contributed by atoms with van der Waals surface area (Å²) in [5.74, 6) is 0. The molecule has 0 amide bonds. The molecule has 2 rings (SSSR count). The summed E-state index contributed by atoms with van der Waals surface area (Å²) in [5, 5.41) is 2.10. The van der Waals surface area contributed by atoms with Crippen LogP contribution in [0.3, 0.4) is 0 Å². The number of rotatable bonds is 0. The number of thiophene rings is 1. The minimum absolute atomic E-state index is 1.14. The van der Waals surface area contributed by atoms with Crippen molar-refractivity contribution in [2.24, 2.45) is 0 Å². The van der Waals surface area contributed by atoms with E-state index in [1.807, 2.05) is 0 Å². The highest BCUT2D eigenvalue weighted by molar-refractivity contribution is 14.1. The zero-order chi connectivity index (χ0) is 6.27. The van der Waals surface area contributed by atoms with E-state index in [2.05, 4.69) is 38.4 Å². The van der Waals surface area contributed by atoms with Crippen LogP contribution in [0.5, 0.6) is 0 Å². The van der Waals surface area contributed by atoms with Gasteiger partial charge in [0.25, 0.3) is 0 Å². The fraction of sp³-hybridized carbons (Fsp3) is 0. The molecule has 9 heavy (non-hydrogen) atoms. The van der Waals surface area contributed by atoms with Crippen molar-refractivity contribution in [1.29, 1.82) is 0 Å². The van der Waals surface area contributed by atoms with Crippen molar-refractivity contribution in [1.82, 2.24) is 4.37 Å². The zero-order valence-corrected chi connectivity index (χ0v) is 8.09. The summed E-state index contributed by atoms with van der Waals surface area (Å²) < 4.78 is 7.98. The molecule has 0 radical (unpaired) electrons. The van der Waals surface area contributed by atoms with Gasteiger partial charge in [0.15, 0.2) is 0 Å². The van der Waals surface area contributed by atoms with E-state index < -0.39 is 0 Å². The van der Waals surface area contributed by atoms with Gasteiger partial charge >= 0.3 is 0 Å². The Labute approximate surface area is 74.0 Å². The van der Waals surface area contributed by atoms with Crippen molar-refractivity contribution in [3.63, 3.8) is 0 Å². The Morgan fingerprint density at radius 3 is 3.22 bits per heavy atom. The monoisotopic (exact) mass is 267 g/mol. The Bertz CT molecular complexity index is 324. The molecule has 0 aliphatic heterocycles. The summed E-state index contributed by atoms with van der Waals surface area (Å²) in [6.07, 6.45) is 0. The molecule has 0 spiro atoms. The van der Waals surface area contributed by atoms with E-state index in [0.29, 0.717) is 0 Å². The highest BCUT2D eigenvalue weighted by Gasteiger charge is 2.01. The van der Waals surface area contributed by atoms with Crippen LogP contribution in [0.25, 0.3) is 9.40 Å². The second kappa shape index (κ2) is 2.17. The highest BCUT2D eigenvalue weighted by atomic mass is 127. The average Bonchev–Trinajstić information content (AvgIpc) is 2.35. The molecule has 4 heteroatoms. The standard InChI is InChI=1S/C5H2INS2/c6-5-4-3(9-7-5)1-2-8-4/h1-2H. The fourth-order valence-electron chi connectivity index (χ4n) is 0.650. The topological polar surface area (TPSA) is 12.9 Å². The first-order valence-electron chi connectivity index (χ1n) is 2.36. The van der Waals surface area contributed by atoms with Crippen LogP contribution in [-0.4, -0.2) is 4.37 Å². The molecule has 2 heterocycles. The number of hydrogen-bond acceptors (Lipinski definition) is 3. The Kier molecular flexibility index (Phi) is 1.46. The molecule has 0 N–H and O–H groups in total. The average molecular weight is 267 g/mol. The summed E-state index contributed by atoms with van der Waals surface area (Å²) in [4.78, 5) is 0. The first-order valence-corrected chi connectivity index (χ1v) is 5.09. The van der Waals surface area contributed by atoms with E-state index in [1.54, 1.807) is 22.9 Å². The van der Waals surface area contributed by atoms with Gasteiger partial charge in [0.2, 0.25) is 0 Å². The van der Waals surface area contributed by atoms with Crippen molar-refractivity contribution in [3.8, 4) is 0 Å². The molecule has 0 atom stereocenters. The molecular weight excluding hydrogens is 265 g/mol. The van der Waals surface area contributed by atoms with Crippen molar-refractivity contribution >= 4 is 54.9 Å². The molecule has 46 valence electrons. The summed E-state index contributed by atoms with van der Waals surface area (Å²) >= 11 is 5.59. The minimum Gasteiger partial charge on any atom is -0.185 e. The predicted molar refractivity (Wildman–Crippen MR) is 50.2 cm³/mol. The number of hydrogen-bond donors (Lipinski definition) is 0. The second-order valence-corrected chi connectivity index (χ2v) is 4.33. The number of aromatic nitrogens is 1. The van der Waals surface area contributed by atoms with Gasteiger partial charge in [-0.1, -0.05) is 0 Å². The SMILES string of the molecule is Ic1nsc2ccsc12. The quantitative estimate of drug-likeness (QED) is 0.669. The van der Waals surface area contributed by atoms with E-state index in [4.69, 9.17) is 0 Å². The number of halogens is 1. The van der Waals surface area contributed by atoms with Crippen LogP contribution < -0.4 is 0 Å². The summed E-state index contributed by atoms with van der Waals surface area (Å²) in [5.41, 5.74) is 0. The molecule has 1 nitrogen and oxygen atoms in total. The molecule has 0 saturated carbocycles. The van der Waals surface area contributed by atoms with Gasteiger partial charge in [0.05, 0.1) is 9.40 Å². The normalized spacial score (nSPS) is 10.8. The first-order chi connectivity index (χ1) is 4.38. The molecule has 0 aliphatic carbocycles. The maximum atomic E-state index is 4.19. The lowest BCUT2D eigenvalue weighted by Gasteiger charge is -1.70.